The van der Waals surface area contributed by atoms with Gasteiger partial charge in [0.25, 0.3) is 0 Å². The third-order valence-corrected chi connectivity index (χ3v) is 4.46. The lowest BCUT2D eigenvalue weighted by Gasteiger charge is -2.30. The Hall–Kier alpha value is -2.63. The molecule has 6 nitrogen and oxygen atoms in total. The summed E-state index contributed by atoms with van der Waals surface area (Å²) in [4.78, 5) is 30.1. The predicted molar refractivity (Wildman–Crippen MR) is 90.2 cm³/mol. The Morgan fingerprint density at radius 2 is 1.88 bits per heavy atom. The van der Waals surface area contributed by atoms with E-state index in [0.29, 0.717) is 11.6 Å². The quantitative estimate of drug-likeness (QED) is 0.879. The molecule has 1 heterocycles. The number of rotatable bonds is 3. The summed E-state index contributed by atoms with van der Waals surface area (Å²) in [6.45, 7) is 0. The average Bonchev–Trinajstić information content (AvgIpc) is 3.16. The first kappa shape index (κ1) is 16.2. The van der Waals surface area contributed by atoms with E-state index in [2.05, 4.69) is 10.3 Å². The third kappa shape index (κ3) is 3.64. The van der Waals surface area contributed by atoms with Crippen LogP contribution in [0.25, 0.3) is 11.5 Å². The highest BCUT2D eigenvalue weighted by atomic mass is 16.3. The van der Waals surface area contributed by atoms with Crippen molar-refractivity contribution < 1.29 is 14.0 Å². The first-order chi connectivity index (χ1) is 11.6. The van der Waals surface area contributed by atoms with Crippen LogP contribution in [-0.2, 0) is 9.59 Å². The van der Waals surface area contributed by atoms with E-state index in [1.807, 2.05) is 0 Å². The lowest BCUT2D eigenvalue weighted by atomic mass is 9.94. The van der Waals surface area contributed by atoms with Crippen LogP contribution in [0.15, 0.2) is 41.1 Å². The molecule has 1 saturated carbocycles. The molecule has 126 valence electrons. The number of benzene rings is 1. The molecule has 1 aromatic heterocycles. The number of nitrogens with one attached hydrogen (secondary N) is 1. The van der Waals surface area contributed by atoms with Gasteiger partial charge >= 0.3 is 11.8 Å². The summed E-state index contributed by atoms with van der Waals surface area (Å²) in [6, 6.07) is 7.20. The number of anilines is 1. The Labute approximate surface area is 140 Å². The molecular formula is C18H21N3O3. The molecule has 0 atom stereocenters. The summed E-state index contributed by atoms with van der Waals surface area (Å²) in [5.41, 5.74) is 1.38. The molecular weight excluding hydrogens is 306 g/mol. The molecule has 0 bridgehead atoms. The highest BCUT2D eigenvalue weighted by Crippen LogP contribution is 2.22. The summed E-state index contributed by atoms with van der Waals surface area (Å²) >= 11 is 0. The molecule has 0 radical (unpaired) electrons. The van der Waals surface area contributed by atoms with Crippen LogP contribution in [0.1, 0.15) is 32.1 Å². The van der Waals surface area contributed by atoms with Crippen molar-refractivity contribution in [3.8, 4) is 11.5 Å². The summed E-state index contributed by atoms with van der Waals surface area (Å²) < 4.78 is 5.22. The Kier molecular flexibility index (Phi) is 4.93. The van der Waals surface area contributed by atoms with Crippen LogP contribution < -0.4 is 5.32 Å². The first-order valence-electron chi connectivity index (χ1n) is 8.23. The molecule has 2 aromatic rings. The molecule has 0 unspecified atom stereocenters. The van der Waals surface area contributed by atoms with Gasteiger partial charge in [0.1, 0.15) is 6.26 Å². The van der Waals surface area contributed by atoms with E-state index in [0.717, 1.165) is 31.2 Å². The van der Waals surface area contributed by atoms with Crippen LogP contribution in [0.4, 0.5) is 5.69 Å². The molecule has 2 amide bonds. The number of oxazole rings is 1. The van der Waals surface area contributed by atoms with Crippen LogP contribution in [0.3, 0.4) is 0 Å². The summed E-state index contributed by atoms with van der Waals surface area (Å²) in [7, 11) is 1.71. The molecule has 1 aliphatic rings. The number of likely N-dealkylation sites (N-methyl/N-ethyl adjacent to an activating group) is 1. The molecule has 24 heavy (non-hydrogen) atoms. The number of nitrogens with zero attached hydrogens (tertiary/aromatic N) is 2. The maximum atomic E-state index is 12.3. The molecule has 1 aromatic carbocycles. The molecule has 0 spiro atoms. The van der Waals surface area contributed by atoms with E-state index >= 15 is 0 Å². The number of amides is 2. The third-order valence-electron chi connectivity index (χ3n) is 4.46. The van der Waals surface area contributed by atoms with E-state index in [-0.39, 0.29) is 6.04 Å². The molecule has 1 N–H and O–H groups in total. The Morgan fingerprint density at radius 3 is 2.50 bits per heavy atom. The van der Waals surface area contributed by atoms with Crippen molar-refractivity contribution in [1.82, 2.24) is 9.88 Å². The monoisotopic (exact) mass is 327 g/mol. The van der Waals surface area contributed by atoms with Crippen LogP contribution in [0, 0.1) is 0 Å². The van der Waals surface area contributed by atoms with Crippen molar-refractivity contribution in [2.24, 2.45) is 0 Å². The average molecular weight is 327 g/mol. The molecule has 6 heteroatoms. The van der Waals surface area contributed by atoms with Gasteiger partial charge in [0, 0.05) is 24.3 Å². The minimum absolute atomic E-state index is 0.171. The normalized spacial score (nSPS) is 15.0. The second kappa shape index (κ2) is 7.29. The number of aromatic nitrogens is 1. The maximum Gasteiger partial charge on any atom is 0.313 e. The van der Waals surface area contributed by atoms with Gasteiger partial charge in [-0.1, -0.05) is 19.3 Å². The molecule has 0 saturated heterocycles. The summed E-state index contributed by atoms with van der Waals surface area (Å²) in [5.74, 6) is -0.577. The fraction of sp³-hybridized carbons (Fsp3) is 0.389. The highest BCUT2D eigenvalue weighted by molar-refractivity contribution is 6.39. The number of hydrogen-bond donors (Lipinski definition) is 1. The van der Waals surface area contributed by atoms with Gasteiger partial charge in [-0.05, 0) is 37.1 Å². The zero-order chi connectivity index (χ0) is 16.9. The minimum Gasteiger partial charge on any atom is -0.445 e. The van der Waals surface area contributed by atoms with Gasteiger partial charge < -0.3 is 14.6 Å². The van der Waals surface area contributed by atoms with Crippen molar-refractivity contribution in [2.45, 2.75) is 38.1 Å². The van der Waals surface area contributed by atoms with E-state index in [1.54, 1.807) is 42.4 Å². The van der Waals surface area contributed by atoms with Crippen LogP contribution in [-0.4, -0.2) is 34.8 Å². The number of hydrogen-bond acceptors (Lipinski definition) is 4. The lowest BCUT2D eigenvalue weighted by Crippen LogP contribution is -2.44. The second-order valence-corrected chi connectivity index (χ2v) is 6.08. The van der Waals surface area contributed by atoms with Gasteiger partial charge in [0.2, 0.25) is 5.89 Å². The fourth-order valence-corrected chi connectivity index (χ4v) is 3.04. The molecule has 1 fully saturated rings. The zero-order valence-corrected chi connectivity index (χ0v) is 13.7. The summed E-state index contributed by atoms with van der Waals surface area (Å²) in [6.07, 6.45) is 8.47. The largest absolute Gasteiger partial charge is 0.445 e. The smallest absolute Gasteiger partial charge is 0.313 e. The van der Waals surface area contributed by atoms with E-state index in [1.165, 1.54) is 12.7 Å². The first-order valence-corrected chi connectivity index (χ1v) is 8.23. The van der Waals surface area contributed by atoms with Crippen molar-refractivity contribution in [2.75, 3.05) is 12.4 Å². The van der Waals surface area contributed by atoms with Gasteiger partial charge in [-0.25, -0.2) is 4.98 Å². The van der Waals surface area contributed by atoms with Gasteiger partial charge in [0.05, 0.1) is 6.20 Å². The standard InChI is InChI=1S/C18H21N3O3/c1-21(15-5-3-2-4-6-15)18(23)16(22)20-14-9-7-13(8-10-14)17-19-11-12-24-17/h7-12,15H,2-6H2,1H3,(H,20,22). The van der Waals surface area contributed by atoms with Crippen molar-refractivity contribution >= 4 is 17.5 Å². The number of carbonyl (C=O) groups excluding carboxylic acids is 2. The van der Waals surface area contributed by atoms with Crippen LogP contribution in [0.5, 0.6) is 0 Å². The molecule has 3 rings (SSSR count). The minimum atomic E-state index is -0.605. The lowest BCUT2D eigenvalue weighted by molar-refractivity contribution is -0.144. The Bertz CT molecular complexity index is 689. The van der Waals surface area contributed by atoms with Gasteiger partial charge in [0.15, 0.2) is 0 Å². The van der Waals surface area contributed by atoms with Crippen molar-refractivity contribution in [3.05, 3.63) is 36.7 Å². The topological polar surface area (TPSA) is 75.4 Å². The van der Waals surface area contributed by atoms with E-state index in [9.17, 15) is 9.59 Å². The Morgan fingerprint density at radius 1 is 1.17 bits per heavy atom. The van der Waals surface area contributed by atoms with Gasteiger partial charge in [-0.2, -0.15) is 0 Å². The van der Waals surface area contributed by atoms with Crippen LogP contribution >= 0.6 is 0 Å². The van der Waals surface area contributed by atoms with Crippen LogP contribution in [0.2, 0.25) is 0 Å². The van der Waals surface area contributed by atoms with Crippen molar-refractivity contribution in [3.63, 3.8) is 0 Å². The van der Waals surface area contributed by atoms with Crippen molar-refractivity contribution in [1.29, 1.82) is 0 Å². The van der Waals surface area contributed by atoms with Gasteiger partial charge in [-0.3, -0.25) is 9.59 Å². The predicted octanol–water partition coefficient (Wildman–Crippen LogP) is 3.07. The Balaban J connectivity index is 1.60. The molecule has 1 aliphatic carbocycles. The fourth-order valence-electron chi connectivity index (χ4n) is 3.04. The van der Waals surface area contributed by atoms with Gasteiger partial charge in [-0.15, -0.1) is 0 Å². The zero-order valence-electron chi connectivity index (χ0n) is 13.7. The number of carbonyl (C=O) groups is 2. The highest BCUT2D eigenvalue weighted by Gasteiger charge is 2.26. The maximum absolute atomic E-state index is 12.3. The molecule has 0 aliphatic heterocycles. The van der Waals surface area contributed by atoms with E-state index in [4.69, 9.17) is 4.42 Å². The summed E-state index contributed by atoms with van der Waals surface area (Å²) in [5, 5.41) is 2.65. The second-order valence-electron chi connectivity index (χ2n) is 6.08. The SMILES string of the molecule is CN(C(=O)C(=O)Nc1ccc(-c2ncco2)cc1)C1CCCCC1. The van der Waals surface area contributed by atoms with E-state index < -0.39 is 11.8 Å².